The molecule has 2 rings (SSSR count). The Labute approximate surface area is 112 Å². The third kappa shape index (κ3) is 3.05. The number of amides is 2. The van der Waals surface area contributed by atoms with Gasteiger partial charge in [0.1, 0.15) is 11.8 Å². The Bertz CT molecular complexity index is 487. The Kier molecular flexibility index (Phi) is 4.04. The lowest BCUT2D eigenvalue weighted by molar-refractivity contribution is -0.133. The van der Waals surface area contributed by atoms with Crippen LogP contribution < -0.4 is 10.1 Å². The van der Waals surface area contributed by atoms with Crippen LogP contribution in [-0.4, -0.2) is 36.4 Å². The monoisotopic (exact) mass is 262 g/mol. The zero-order chi connectivity index (χ0) is 13.8. The van der Waals surface area contributed by atoms with E-state index < -0.39 is 6.04 Å². The Morgan fingerprint density at radius 2 is 2.11 bits per heavy atom. The van der Waals surface area contributed by atoms with Gasteiger partial charge in [-0.15, -0.1) is 0 Å². The second-order valence-electron chi connectivity index (χ2n) is 4.61. The third-order valence-electron chi connectivity index (χ3n) is 3.22. The van der Waals surface area contributed by atoms with Crippen LogP contribution in [0.5, 0.6) is 5.75 Å². The summed E-state index contributed by atoms with van der Waals surface area (Å²) in [7, 11) is 1.61. The fraction of sp³-hybridized carbons (Fsp3) is 0.429. The molecule has 1 atom stereocenters. The standard InChI is InChI=1S/C14H18N2O3/c1-10-14(18)16(8-7-13(17)15-10)9-11-5-3-4-6-12(11)19-2/h3-6,10H,7-9H2,1-2H3,(H,15,17). The van der Waals surface area contributed by atoms with Gasteiger partial charge in [-0.25, -0.2) is 0 Å². The summed E-state index contributed by atoms with van der Waals surface area (Å²) in [5.41, 5.74) is 0.944. The fourth-order valence-corrected chi connectivity index (χ4v) is 2.19. The molecule has 1 heterocycles. The van der Waals surface area contributed by atoms with Gasteiger partial charge in [0.15, 0.2) is 0 Å². The molecule has 0 aromatic heterocycles. The smallest absolute Gasteiger partial charge is 0.245 e. The van der Waals surface area contributed by atoms with Crippen LogP contribution in [0, 0.1) is 0 Å². The van der Waals surface area contributed by atoms with Gasteiger partial charge >= 0.3 is 0 Å². The molecule has 1 saturated heterocycles. The zero-order valence-corrected chi connectivity index (χ0v) is 11.2. The number of ether oxygens (including phenoxy) is 1. The van der Waals surface area contributed by atoms with E-state index in [1.54, 1.807) is 18.9 Å². The second kappa shape index (κ2) is 5.73. The quantitative estimate of drug-likeness (QED) is 0.881. The minimum absolute atomic E-state index is 0.0586. The third-order valence-corrected chi connectivity index (χ3v) is 3.22. The number of hydrogen-bond acceptors (Lipinski definition) is 3. The molecular formula is C14H18N2O3. The Morgan fingerprint density at radius 3 is 2.84 bits per heavy atom. The van der Waals surface area contributed by atoms with Crippen LogP contribution in [0.1, 0.15) is 18.9 Å². The molecule has 1 N–H and O–H groups in total. The van der Waals surface area contributed by atoms with E-state index in [1.165, 1.54) is 0 Å². The molecule has 19 heavy (non-hydrogen) atoms. The number of nitrogens with one attached hydrogen (secondary N) is 1. The van der Waals surface area contributed by atoms with Crippen molar-refractivity contribution in [3.63, 3.8) is 0 Å². The van der Waals surface area contributed by atoms with Crippen molar-refractivity contribution in [2.24, 2.45) is 0 Å². The predicted molar refractivity (Wildman–Crippen MR) is 70.6 cm³/mol. The van der Waals surface area contributed by atoms with Gasteiger partial charge in [0, 0.05) is 25.1 Å². The van der Waals surface area contributed by atoms with Crippen LogP contribution >= 0.6 is 0 Å². The molecule has 1 aliphatic heterocycles. The first kappa shape index (κ1) is 13.4. The number of methoxy groups -OCH3 is 1. The summed E-state index contributed by atoms with van der Waals surface area (Å²) in [6.45, 7) is 2.61. The number of carbonyl (C=O) groups excluding carboxylic acids is 2. The molecular weight excluding hydrogens is 244 g/mol. The first-order valence-electron chi connectivity index (χ1n) is 6.32. The number of carbonyl (C=O) groups is 2. The highest BCUT2D eigenvalue weighted by Gasteiger charge is 2.26. The van der Waals surface area contributed by atoms with Gasteiger partial charge in [-0.2, -0.15) is 0 Å². The summed E-state index contributed by atoms with van der Waals surface area (Å²) in [6, 6.07) is 7.12. The van der Waals surface area contributed by atoms with Gasteiger partial charge in [-0.3, -0.25) is 9.59 Å². The molecule has 1 unspecified atom stereocenters. The van der Waals surface area contributed by atoms with Crippen LogP contribution in [0.25, 0.3) is 0 Å². The molecule has 5 heteroatoms. The van der Waals surface area contributed by atoms with Crippen molar-refractivity contribution in [3.8, 4) is 5.75 Å². The van der Waals surface area contributed by atoms with Crippen LogP contribution in [0.2, 0.25) is 0 Å². The molecule has 2 amide bonds. The topological polar surface area (TPSA) is 58.6 Å². The van der Waals surface area contributed by atoms with Crippen molar-refractivity contribution in [1.29, 1.82) is 0 Å². The molecule has 1 fully saturated rings. The molecule has 0 aliphatic carbocycles. The van der Waals surface area contributed by atoms with E-state index in [-0.39, 0.29) is 11.8 Å². The Balaban J connectivity index is 2.17. The van der Waals surface area contributed by atoms with Crippen molar-refractivity contribution in [2.45, 2.75) is 25.9 Å². The van der Waals surface area contributed by atoms with E-state index in [9.17, 15) is 9.59 Å². The van der Waals surface area contributed by atoms with E-state index in [2.05, 4.69) is 5.32 Å². The van der Waals surface area contributed by atoms with E-state index in [0.717, 1.165) is 11.3 Å². The van der Waals surface area contributed by atoms with E-state index >= 15 is 0 Å². The predicted octanol–water partition coefficient (Wildman–Crippen LogP) is 0.932. The van der Waals surface area contributed by atoms with Gasteiger partial charge in [-0.1, -0.05) is 18.2 Å². The first-order chi connectivity index (χ1) is 9.11. The highest BCUT2D eigenvalue weighted by atomic mass is 16.5. The summed E-state index contributed by atoms with van der Waals surface area (Å²) in [4.78, 5) is 25.3. The van der Waals surface area contributed by atoms with Gasteiger partial charge < -0.3 is 15.0 Å². The lowest BCUT2D eigenvalue weighted by atomic mass is 10.1. The second-order valence-corrected chi connectivity index (χ2v) is 4.61. The first-order valence-corrected chi connectivity index (χ1v) is 6.32. The SMILES string of the molecule is COc1ccccc1CN1CCC(=O)NC(C)C1=O. The molecule has 0 radical (unpaired) electrons. The highest BCUT2D eigenvalue weighted by Crippen LogP contribution is 2.20. The minimum Gasteiger partial charge on any atom is -0.496 e. The molecule has 0 bridgehead atoms. The van der Waals surface area contributed by atoms with Crippen molar-refractivity contribution in [3.05, 3.63) is 29.8 Å². The maximum Gasteiger partial charge on any atom is 0.245 e. The lowest BCUT2D eigenvalue weighted by Crippen LogP contribution is -2.42. The summed E-state index contributed by atoms with van der Waals surface area (Å²) in [5, 5.41) is 2.67. The average Bonchev–Trinajstić information content (AvgIpc) is 2.53. The van der Waals surface area contributed by atoms with Crippen LogP contribution in [0.3, 0.4) is 0 Å². The average molecular weight is 262 g/mol. The fourth-order valence-electron chi connectivity index (χ4n) is 2.19. The van der Waals surface area contributed by atoms with Crippen molar-refractivity contribution in [2.75, 3.05) is 13.7 Å². The summed E-state index contributed by atoms with van der Waals surface area (Å²) >= 11 is 0. The zero-order valence-electron chi connectivity index (χ0n) is 11.2. The highest BCUT2D eigenvalue weighted by molar-refractivity contribution is 5.89. The number of rotatable bonds is 3. The lowest BCUT2D eigenvalue weighted by Gasteiger charge is -2.23. The van der Waals surface area contributed by atoms with Crippen molar-refractivity contribution in [1.82, 2.24) is 10.2 Å². The largest absolute Gasteiger partial charge is 0.496 e. The molecule has 0 saturated carbocycles. The van der Waals surface area contributed by atoms with Gasteiger partial charge in [0.2, 0.25) is 11.8 Å². The van der Waals surface area contributed by atoms with Gasteiger partial charge in [0.05, 0.1) is 7.11 Å². The van der Waals surface area contributed by atoms with E-state index in [4.69, 9.17) is 4.74 Å². The Hall–Kier alpha value is -2.04. The number of nitrogens with zero attached hydrogens (tertiary/aromatic N) is 1. The van der Waals surface area contributed by atoms with Crippen LogP contribution in [0.4, 0.5) is 0 Å². The van der Waals surface area contributed by atoms with Crippen molar-refractivity contribution >= 4 is 11.8 Å². The summed E-state index contributed by atoms with van der Waals surface area (Å²) < 4.78 is 5.28. The normalized spacial score (nSPS) is 19.9. The molecule has 5 nitrogen and oxygen atoms in total. The van der Waals surface area contributed by atoms with Crippen LogP contribution in [0.15, 0.2) is 24.3 Å². The van der Waals surface area contributed by atoms with Crippen molar-refractivity contribution < 1.29 is 14.3 Å². The van der Waals surface area contributed by atoms with E-state index in [1.807, 2.05) is 24.3 Å². The summed E-state index contributed by atoms with van der Waals surface area (Å²) in [6.07, 6.45) is 0.339. The molecule has 1 aromatic carbocycles. The minimum atomic E-state index is -0.468. The van der Waals surface area contributed by atoms with E-state index in [0.29, 0.717) is 19.5 Å². The van der Waals surface area contributed by atoms with Crippen LogP contribution in [-0.2, 0) is 16.1 Å². The molecule has 102 valence electrons. The summed E-state index contributed by atoms with van der Waals surface area (Å²) in [5.74, 6) is 0.617. The number of hydrogen-bond donors (Lipinski definition) is 1. The maximum atomic E-state index is 12.2. The van der Waals surface area contributed by atoms with Gasteiger partial charge in [0.25, 0.3) is 0 Å². The number of para-hydroxylation sites is 1. The molecule has 1 aromatic rings. The molecule has 1 aliphatic rings. The maximum absolute atomic E-state index is 12.2. The Morgan fingerprint density at radius 1 is 1.37 bits per heavy atom. The van der Waals surface area contributed by atoms with Gasteiger partial charge in [-0.05, 0) is 13.0 Å². The number of benzene rings is 1. The molecule has 0 spiro atoms.